The quantitative estimate of drug-likeness (QED) is 0.0180. The van der Waals surface area contributed by atoms with Gasteiger partial charge in [0.1, 0.15) is 17.2 Å². The number of methoxy groups -OCH3 is 1. The topological polar surface area (TPSA) is 158 Å². The lowest BCUT2D eigenvalue weighted by atomic mass is 9.87. The molecule has 0 N–H and O–H groups in total. The number of carbonyl (C=O) groups is 1. The first-order valence-electron chi connectivity index (χ1n) is 41.1. The predicted octanol–water partition coefficient (Wildman–Crippen LogP) is 27.7. The molecule has 0 aromatic heterocycles. The third kappa shape index (κ3) is 37.0. The van der Waals surface area contributed by atoms with E-state index in [1.54, 1.807) is 19.2 Å². The van der Waals surface area contributed by atoms with Crippen LogP contribution >= 0.6 is 0 Å². The maximum atomic E-state index is 11.7. The minimum Gasteiger partial charge on any atom is -0.493 e. The van der Waals surface area contributed by atoms with Gasteiger partial charge in [0.2, 0.25) is 0 Å². The molecule has 10 nitrogen and oxygen atoms in total. The number of aldehydes is 1. The van der Waals surface area contributed by atoms with Gasteiger partial charge in [-0.25, -0.2) is 0 Å². The van der Waals surface area contributed by atoms with E-state index in [9.17, 15) is 15.3 Å². The first-order valence-corrected chi connectivity index (χ1v) is 41.1. The largest absolute Gasteiger partial charge is 0.493 e. The number of allylic oxidation sites excluding steroid dienone is 3. The van der Waals surface area contributed by atoms with E-state index in [0.717, 1.165) is 116 Å². The van der Waals surface area contributed by atoms with Gasteiger partial charge in [0.25, 0.3) is 0 Å². The molecule has 0 amide bonds. The second-order valence-corrected chi connectivity index (χ2v) is 28.9. The zero-order valence-corrected chi connectivity index (χ0v) is 67.9. The molecule has 0 aliphatic rings. The van der Waals surface area contributed by atoms with Crippen LogP contribution in [0, 0.1) is 101 Å². The molecule has 0 fully saturated rings. The molecule has 570 valence electrons. The molecule has 4 aromatic carbocycles. The van der Waals surface area contributed by atoms with Crippen molar-refractivity contribution in [1.82, 2.24) is 0 Å². The second-order valence-electron chi connectivity index (χ2n) is 28.9. The van der Waals surface area contributed by atoms with Gasteiger partial charge in [-0.3, -0.25) is 4.79 Å². The highest BCUT2D eigenvalue weighted by molar-refractivity contribution is 5.94. The monoisotopic (exact) mass is 1410 g/mol. The normalized spacial score (nSPS) is 11.2. The molecular weight excluding hydrogens is 1270 g/mol. The first kappa shape index (κ1) is 92.1. The van der Waals surface area contributed by atoms with Crippen LogP contribution in [0.3, 0.4) is 0 Å². The molecule has 0 spiro atoms. The zero-order chi connectivity index (χ0) is 75.7. The van der Waals surface area contributed by atoms with Crippen molar-refractivity contribution in [1.29, 1.82) is 21.0 Å². The molecule has 0 heterocycles. The maximum Gasteiger partial charge on any atom is 0.164 e. The number of hydrogen-bond acceptors (Lipinski definition) is 10. The van der Waals surface area contributed by atoms with Crippen molar-refractivity contribution in [2.45, 2.75) is 360 Å². The van der Waals surface area contributed by atoms with Gasteiger partial charge >= 0.3 is 0 Å². The van der Waals surface area contributed by atoms with Crippen LogP contribution in [-0.4, -0.2) is 39.8 Å². The first-order chi connectivity index (χ1) is 50.1. The summed E-state index contributed by atoms with van der Waals surface area (Å²) < 4.78 is 30.2. The Kier molecular flexibility index (Phi) is 53.0. The number of nitriles is 4. The fourth-order valence-corrected chi connectivity index (χ4v) is 13.7. The summed E-state index contributed by atoms with van der Waals surface area (Å²) in [5.41, 5.74) is 15.5. The van der Waals surface area contributed by atoms with Crippen LogP contribution in [0.5, 0.6) is 28.7 Å². The Bertz CT molecular complexity index is 3160. The highest BCUT2D eigenvalue weighted by Gasteiger charge is 2.19. The average Bonchev–Trinajstić information content (AvgIpc) is 0.790. The molecular formula is C93H142N4O6. The van der Waals surface area contributed by atoms with Gasteiger partial charge in [-0.1, -0.05) is 265 Å². The molecule has 0 saturated heterocycles. The van der Waals surface area contributed by atoms with E-state index in [-0.39, 0.29) is 0 Å². The third-order valence-corrected chi connectivity index (χ3v) is 20.7. The molecule has 103 heavy (non-hydrogen) atoms. The van der Waals surface area contributed by atoms with Gasteiger partial charge in [-0.2, -0.15) is 21.0 Å². The number of hydrogen-bond donors (Lipinski definition) is 0. The van der Waals surface area contributed by atoms with Crippen LogP contribution in [0.1, 0.15) is 374 Å². The molecule has 0 aliphatic carbocycles. The van der Waals surface area contributed by atoms with Crippen LogP contribution in [0.2, 0.25) is 0 Å². The van der Waals surface area contributed by atoms with Gasteiger partial charge < -0.3 is 23.7 Å². The SMILES string of the molecule is C/C=C(\C#N)c1c(C)cc(/C(C#N)=C/c2cc(OCCCCCCCCCCCC)c(C)cc2OCCCCCCCCCCCC)c(C)c1C.CCCCCCCCCCCCOc1cc(OC)c(OCCCCCCCCCCCC)cc1C=O.Cc1c(C)c(CC#N)c(C)c(C)c1CC#N. The number of carbonyl (C=O) groups excluding carboxylic acids is 1. The van der Waals surface area contributed by atoms with Crippen LogP contribution in [-0.2, 0) is 12.8 Å². The highest BCUT2D eigenvalue weighted by Crippen LogP contribution is 2.38. The van der Waals surface area contributed by atoms with Crippen LogP contribution in [0.25, 0.3) is 17.2 Å². The highest BCUT2D eigenvalue weighted by atomic mass is 16.5. The van der Waals surface area contributed by atoms with E-state index >= 15 is 0 Å². The Balaban J connectivity index is 0.000000597. The number of unbranched alkanes of at least 4 members (excludes halogenated alkanes) is 36. The van der Waals surface area contributed by atoms with E-state index in [1.165, 1.54) is 231 Å². The average molecular weight is 1410 g/mol. The Hall–Kier alpha value is -7.01. The lowest BCUT2D eigenvalue weighted by Gasteiger charge is -2.17. The number of benzene rings is 4. The van der Waals surface area contributed by atoms with Crippen molar-refractivity contribution in [2.75, 3.05) is 33.5 Å². The molecule has 0 saturated carbocycles. The molecule has 0 atom stereocenters. The summed E-state index contributed by atoms with van der Waals surface area (Å²) in [6.45, 7) is 29.9. The summed E-state index contributed by atoms with van der Waals surface area (Å²) >= 11 is 0. The van der Waals surface area contributed by atoms with E-state index < -0.39 is 0 Å². The molecule has 4 aromatic rings. The summed E-state index contributed by atoms with van der Waals surface area (Å²) in [7, 11) is 1.63. The standard InChI is InChI=1S/C47H70N2O2.C32H56O4.C14H16N2/c1-8-11-13-15-17-19-21-23-25-27-29-50-45-34-42(46(32-37(45)4)51-30-28-26-24-22-20-18-16-14-12-9-2)33-43(36-49)44-31-38(5)47(40(7)39(44)6)41(10-3)35-48;1-4-6-8-10-12-14-16-18-20-22-24-35-30-27-31(34-3)32(26-29(30)28-33)36-25-23-21-19-17-15-13-11-9-7-5-2;1-9-10(2)14(6-8-16)12(4)11(3)13(9)5-7-15/h10,31-34H,8-9,11-30H2,1-7H3;26-28H,4-25H2,1-3H3;5-6H2,1-4H3/b41-10+,43-33+;;. The minimum absolute atomic E-state index is 0.451. The fraction of sp³-hybridized carbons (Fsp3) is 0.645. The summed E-state index contributed by atoms with van der Waals surface area (Å²) in [6, 6.07) is 19.0. The molecule has 0 aliphatic heterocycles. The summed E-state index contributed by atoms with van der Waals surface area (Å²) in [6.07, 6.45) is 57.2. The van der Waals surface area contributed by atoms with Crippen molar-refractivity contribution >= 4 is 23.5 Å². The molecule has 0 unspecified atom stereocenters. The van der Waals surface area contributed by atoms with Crippen molar-refractivity contribution in [3.05, 3.63) is 114 Å². The van der Waals surface area contributed by atoms with Crippen molar-refractivity contribution in [2.24, 2.45) is 0 Å². The second kappa shape index (κ2) is 59.3. The Labute approximate surface area is 630 Å². The number of nitrogens with zero attached hydrogens (tertiary/aromatic N) is 4. The Morgan fingerprint density at radius 1 is 0.350 bits per heavy atom. The van der Waals surface area contributed by atoms with Crippen LogP contribution in [0.4, 0.5) is 0 Å². The Morgan fingerprint density at radius 3 is 0.990 bits per heavy atom. The van der Waals surface area contributed by atoms with E-state index in [2.05, 4.69) is 77.1 Å². The molecule has 4 rings (SSSR count). The number of aryl methyl sites for hydroxylation is 2. The van der Waals surface area contributed by atoms with Gasteiger partial charge in [0.05, 0.1) is 87.4 Å². The lowest BCUT2D eigenvalue weighted by molar-refractivity contribution is 0.111. The van der Waals surface area contributed by atoms with Gasteiger partial charge in [0.15, 0.2) is 17.8 Å². The van der Waals surface area contributed by atoms with E-state index in [1.807, 2.05) is 67.5 Å². The number of rotatable bonds is 55. The third-order valence-electron chi connectivity index (χ3n) is 20.7. The maximum absolute atomic E-state index is 11.7. The summed E-state index contributed by atoms with van der Waals surface area (Å²) in [5.74, 6) is 3.49. The zero-order valence-electron chi connectivity index (χ0n) is 67.9. The Morgan fingerprint density at radius 2 is 0.670 bits per heavy atom. The lowest BCUT2D eigenvalue weighted by Crippen LogP contribution is -2.04. The minimum atomic E-state index is 0.451. The van der Waals surface area contributed by atoms with Gasteiger partial charge in [0, 0.05) is 11.6 Å². The van der Waals surface area contributed by atoms with Crippen LogP contribution < -0.4 is 23.7 Å². The van der Waals surface area contributed by atoms with Gasteiger partial charge in [-0.05, 0) is 185 Å². The van der Waals surface area contributed by atoms with Crippen LogP contribution in [0.15, 0.2) is 36.4 Å². The molecule has 0 bridgehead atoms. The predicted molar refractivity (Wildman–Crippen MR) is 436 cm³/mol. The van der Waals surface area contributed by atoms with E-state index in [4.69, 9.17) is 34.2 Å². The van der Waals surface area contributed by atoms with E-state index in [0.29, 0.717) is 73.2 Å². The summed E-state index contributed by atoms with van der Waals surface area (Å²) in [5, 5.41) is 37.9. The van der Waals surface area contributed by atoms with Crippen molar-refractivity contribution in [3.63, 3.8) is 0 Å². The number of ether oxygens (including phenoxy) is 5. The van der Waals surface area contributed by atoms with Crippen molar-refractivity contribution in [3.8, 4) is 53.0 Å². The van der Waals surface area contributed by atoms with Gasteiger partial charge in [-0.15, -0.1) is 0 Å². The molecule has 10 heteroatoms. The summed E-state index contributed by atoms with van der Waals surface area (Å²) in [4.78, 5) is 11.7. The smallest absolute Gasteiger partial charge is 0.164 e. The fourth-order valence-electron chi connectivity index (χ4n) is 13.7. The molecule has 0 radical (unpaired) electrons. The van der Waals surface area contributed by atoms with Crippen molar-refractivity contribution < 1.29 is 28.5 Å².